The number of ether oxygens (including phenoxy) is 1. The van der Waals surface area contributed by atoms with Crippen molar-refractivity contribution in [1.82, 2.24) is 0 Å². The summed E-state index contributed by atoms with van der Waals surface area (Å²) in [4.78, 5) is 0. The first-order chi connectivity index (χ1) is 21.0. The number of halogens is 8. The van der Waals surface area contributed by atoms with Crippen LogP contribution in [-0.2, 0) is 6.11 Å². The van der Waals surface area contributed by atoms with Crippen LogP contribution in [0.1, 0.15) is 56.1 Å². The molecule has 1 aliphatic carbocycles. The van der Waals surface area contributed by atoms with E-state index in [0.717, 1.165) is 49.6 Å². The van der Waals surface area contributed by atoms with E-state index in [1.54, 1.807) is 0 Å². The van der Waals surface area contributed by atoms with Crippen LogP contribution in [0.4, 0.5) is 35.1 Å². The maximum atomic E-state index is 15.0. The number of hydrogen-bond donors (Lipinski definition) is 0. The standard InChI is InChI=1S/C35H28F8O/c1-2-3-4-20-5-7-22(8-6-20)24-16-29(37)33(30(38)17-24)35(42,43)44-26-12-9-21(10-13-26)23-11-14-27(28(36)15-23)25-18-31(39)34(41)32(40)19-25/h3-4,9-20,22H,2,5-8H2,1H3/b4-3+. The summed E-state index contributed by atoms with van der Waals surface area (Å²) in [6.07, 6.45) is 3.96. The van der Waals surface area contributed by atoms with E-state index < -0.39 is 52.3 Å². The highest BCUT2D eigenvalue weighted by Crippen LogP contribution is 2.41. The second-order valence-electron chi connectivity index (χ2n) is 10.9. The minimum atomic E-state index is -4.33. The van der Waals surface area contributed by atoms with Crippen LogP contribution in [-0.4, -0.2) is 0 Å². The molecular formula is C35H28F8O. The second-order valence-corrected chi connectivity index (χ2v) is 10.9. The number of allylic oxidation sites excluding steroid dienone is 2. The van der Waals surface area contributed by atoms with Gasteiger partial charge >= 0.3 is 6.11 Å². The fourth-order valence-corrected chi connectivity index (χ4v) is 5.63. The van der Waals surface area contributed by atoms with Gasteiger partial charge in [0.1, 0.15) is 28.8 Å². The van der Waals surface area contributed by atoms with Crippen molar-refractivity contribution in [3.63, 3.8) is 0 Å². The Morgan fingerprint density at radius 1 is 0.682 bits per heavy atom. The highest BCUT2D eigenvalue weighted by molar-refractivity contribution is 5.71. The molecule has 0 aromatic heterocycles. The Kier molecular flexibility index (Phi) is 9.13. The largest absolute Gasteiger partial charge is 0.432 e. The summed E-state index contributed by atoms with van der Waals surface area (Å²) in [6, 6.07) is 11.9. The van der Waals surface area contributed by atoms with E-state index in [9.17, 15) is 26.3 Å². The predicted octanol–water partition coefficient (Wildman–Crippen LogP) is 11.2. The summed E-state index contributed by atoms with van der Waals surface area (Å²) in [5, 5.41) is 0. The zero-order chi connectivity index (χ0) is 31.6. The van der Waals surface area contributed by atoms with Gasteiger partial charge in [0.05, 0.1) is 0 Å². The highest BCUT2D eigenvalue weighted by atomic mass is 19.3. The van der Waals surface area contributed by atoms with Gasteiger partial charge in [0, 0.05) is 5.56 Å². The third-order valence-corrected chi connectivity index (χ3v) is 7.94. The second kappa shape index (κ2) is 12.8. The van der Waals surface area contributed by atoms with Crippen molar-refractivity contribution < 1.29 is 39.9 Å². The van der Waals surface area contributed by atoms with E-state index in [2.05, 4.69) is 12.2 Å². The van der Waals surface area contributed by atoms with Gasteiger partial charge in [-0.25, -0.2) is 26.3 Å². The molecule has 0 spiro atoms. The van der Waals surface area contributed by atoms with Crippen LogP contribution in [0.15, 0.2) is 78.9 Å². The normalized spacial score (nSPS) is 17.3. The zero-order valence-electron chi connectivity index (χ0n) is 23.6. The molecule has 0 aliphatic heterocycles. The lowest BCUT2D eigenvalue weighted by atomic mass is 9.78. The lowest BCUT2D eigenvalue weighted by Gasteiger charge is -2.28. The summed E-state index contributed by atoms with van der Waals surface area (Å²) in [7, 11) is 0. The minimum Gasteiger partial charge on any atom is -0.429 e. The van der Waals surface area contributed by atoms with Crippen molar-refractivity contribution >= 4 is 0 Å². The van der Waals surface area contributed by atoms with Crippen LogP contribution in [0.3, 0.4) is 0 Å². The van der Waals surface area contributed by atoms with Gasteiger partial charge in [0.2, 0.25) is 0 Å². The Balaban J connectivity index is 1.30. The van der Waals surface area contributed by atoms with Gasteiger partial charge in [0.25, 0.3) is 0 Å². The Morgan fingerprint density at radius 2 is 1.25 bits per heavy atom. The molecule has 5 rings (SSSR count). The first kappa shape index (κ1) is 31.3. The molecule has 9 heteroatoms. The molecule has 1 nitrogen and oxygen atoms in total. The van der Waals surface area contributed by atoms with Crippen LogP contribution < -0.4 is 4.74 Å². The van der Waals surface area contributed by atoms with E-state index in [-0.39, 0.29) is 22.6 Å². The van der Waals surface area contributed by atoms with Gasteiger partial charge in [-0.3, -0.25) is 0 Å². The van der Waals surface area contributed by atoms with Crippen LogP contribution in [0.25, 0.3) is 22.3 Å². The SMILES string of the molecule is CC/C=C/C1CCC(c2cc(F)c(C(F)(F)Oc3ccc(-c4ccc(-c5cc(F)c(F)c(F)c5)c(F)c4)cc3)c(F)c2)CC1. The molecule has 0 heterocycles. The molecule has 44 heavy (non-hydrogen) atoms. The quantitative estimate of drug-likeness (QED) is 0.109. The van der Waals surface area contributed by atoms with Crippen molar-refractivity contribution in [2.75, 3.05) is 0 Å². The molecule has 4 aromatic rings. The molecule has 230 valence electrons. The number of hydrogen-bond acceptors (Lipinski definition) is 1. The summed E-state index contributed by atoms with van der Waals surface area (Å²) in [6.45, 7) is 2.04. The molecular weight excluding hydrogens is 588 g/mol. The maximum absolute atomic E-state index is 15.0. The fourth-order valence-electron chi connectivity index (χ4n) is 5.63. The fraction of sp³-hybridized carbons (Fsp3) is 0.257. The Labute approximate surface area is 249 Å². The van der Waals surface area contributed by atoms with E-state index in [4.69, 9.17) is 4.74 Å². The molecule has 1 saturated carbocycles. The molecule has 0 amide bonds. The average Bonchev–Trinajstić information content (AvgIpc) is 2.98. The zero-order valence-corrected chi connectivity index (χ0v) is 23.6. The average molecular weight is 617 g/mol. The molecule has 0 saturated heterocycles. The van der Waals surface area contributed by atoms with Gasteiger partial charge in [-0.05, 0) is 109 Å². The first-order valence-electron chi connectivity index (χ1n) is 14.2. The van der Waals surface area contributed by atoms with Gasteiger partial charge in [-0.15, -0.1) is 0 Å². The van der Waals surface area contributed by atoms with Gasteiger partial charge in [-0.1, -0.05) is 43.3 Å². The van der Waals surface area contributed by atoms with Crippen molar-refractivity contribution in [2.45, 2.75) is 51.1 Å². The third kappa shape index (κ3) is 6.66. The van der Waals surface area contributed by atoms with E-state index >= 15 is 8.78 Å². The smallest absolute Gasteiger partial charge is 0.429 e. The van der Waals surface area contributed by atoms with E-state index in [0.29, 0.717) is 42.0 Å². The minimum absolute atomic E-state index is 0.127. The maximum Gasteiger partial charge on any atom is 0.432 e. The monoisotopic (exact) mass is 616 g/mol. The number of benzene rings is 4. The summed E-state index contributed by atoms with van der Waals surface area (Å²) < 4.78 is 120. The van der Waals surface area contributed by atoms with Gasteiger partial charge in [0.15, 0.2) is 17.5 Å². The van der Waals surface area contributed by atoms with Crippen LogP contribution in [0, 0.1) is 40.8 Å². The Bertz CT molecular complexity index is 1630. The molecule has 0 unspecified atom stereocenters. The van der Waals surface area contributed by atoms with Crippen molar-refractivity contribution in [3.05, 3.63) is 125 Å². The topological polar surface area (TPSA) is 9.23 Å². The van der Waals surface area contributed by atoms with E-state index in [1.807, 2.05) is 6.92 Å². The number of alkyl halides is 2. The van der Waals surface area contributed by atoms with Crippen molar-refractivity contribution in [1.29, 1.82) is 0 Å². The van der Waals surface area contributed by atoms with E-state index in [1.165, 1.54) is 24.3 Å². The molecule has 0 radical (unpaired) electrons. The Hall–Kier alpha value is -4.14. The third-order valence-electron chi connectivity index (χ3n) is 7.94. The van der Waals surface area contributed by atoms with Crippen molar-refractivity contribution in [3.8, 4) is 28.0 Å². The Morgan fingerprint density at radius 3 is 1.82 bits per heavy atom. The highest BCUT2D eigenvalue weighted by Gasteiger charge is 2.41. The summed E-state index contributed by atoms with van der Waals surface area (Å²) >= 11 is 0. The predicted molar refractivity (Wildman–Crippen MR) is 152 cm³/mol. The first-order valence-corrected chi connectivity index (χ1v) is 14.2. The van der Waals surface area contributed by atoms with Crippen molar-refractivity contribution in [2.24, 2.45) is 5.92 Å². The molecule has 1 aliphatic rings. The molecule has 1 fully saturated rings. The number of rotatable bonds is 8. The van der Waals surface area contributed by atoms with Crippen LogP contribution in [0.2, 0.25) is 0 Å². The summed E-state index contributed by atoms with van der Waals surface area (Å²) in [5.74, 6) is -8.38. The van der Waals surface area contributed by atoms with Crippen LogP contribution in [0.5, 0.6) is 5.75 Å². The lowest BCUT2D eigenvalue weighted by Crippen LogP contribution is -2.25. The lowest BCUT2D eigenvalue weighted by molar-refractivity contribution is -0.189. The molecule has 0 N–H and O–H groups in total. The molecule has 4 aromatic carbocycles. The van der Waals surface area contributed by atoms with Gasteiger partial charge < -0.3 is 4.74 Å². The van der Waals surface area contributed by atoms with Crippen LogP contribution >= 0.6 is 0 Å². The molecule has 0 bridgehead atoms. The summed E-state index contributed by atoms with van der Waals surface area (Å²) in [5.41, 5.74) is -0.889. The van der Waals surface area contributed by atoms with Gasteiger partial charge in [-0.2, -0.15) is 8.78 Å². The molecule has 0 atom stereocenters.